The molecule has 0 aliphatic carbocycles. The van der Waals surface area contributed by atoms with Crippen LogP contribution in [0.4, 0.5) is 0 Å². The second-order valence-corrected chi connectivity index (χ2v) is 6.66. The number of rotatable bonds is 5. The molecule has 0 aromatic carbocycles. The highest BCUT2D eigenvalue weighted by atomic mass is 14.9. The first-order valence-corrected chi connectivity index (χ1v) is 6.89. The molecule has 96 valence electrons. The van der Waals surface area contributed by atoms with Gasteiger partial charge in [-0.2, -0.15) is 0 Å². The normalized spacial score (nSPS) is 21.0. The Morgan fingerprint density at radius 1 is 1.19 bits per heavy atom. The third-order valence-corrected chi connectivity index (χ3v) is 3.60. The van der Waals surface area contributed by atoms with Crippen molar-refractivity contribution in [1.82, 2.24) is 10.6 Å². The summed E-state index contributed by atoms with van der Waals surface area (Å²) < 4.78 is 0. The number of nitrogens with one attached hydrogen (secondary N) is 2. The van der Waals surface area contributed by atoms with E-state index in [2.05, 4.69) is 38.3 Å². The molecule has 1 fully saturated rings. The molecule has 0 spiro atoms. The molecule has 0 bridgehead atoms. The summed E-state index contributed by atoms with van der Waals surface area (Å²) in [5.74, 6) is 0. The second-order valence-electron chi connectivity index (χ2n) is 6.66. The molecule has 16 heavy (non-hydrogen) atoms. The minimum absolute atomic E-state index is 0.403. The molecule has 1 aliphatic rings. The maximum atomic E-state index is 3.69. The van der Waals surface area contributed by atoms with Crippen LogP contribution in [0.2, 0.25) is 0 Å². The zero-order valence-corrected chi connectivity index (χ0v) is 11.7. The summed E-state index contributed by atoms with van der Waals surface area (Å²) in [6.07, 6.45) is 5.39. The molecule has 0 saturated carbocycles. The van der Waals surface area contributed by atoms with E-state index < -0.39 is 0 Å². The average molecular weight is 226 g/mol. The Hall–Kier alpha value is -0.0800. The summed E-state index contributed by atoms with van der Waals surface area (Å²) in [6, 6.07) is 0. The Balaban J connectivity index is 2.38. The van der Waals surface area contributed by atoms with Crippen LogP contribution in [0, 0.1) is 10.8 Å². The predicted molar refractivity (Wildman–Crippen MR) is 71.8 cm³/mol. The minimum Gasteiger partial charge on any atom is -0.317 e. The van der Waals surface area contributed by atoms with Gasteiger partial charge >= 0.3 is 0 Å². The van der Waals surface area contributed by atoms with E-state index in [0.29, 0.717) is 10.8 Å². The molecule has 2 heteroatoms. The molecule has 0 atom stereocenters. The quantitative estimate of drug-likeness (QED) is 0.753. The molecule has 2 nitrogen and oxygen atoms in total. The minimum atomic E-state index is 0.403. The maximum Gasteiger partial charge on any atom is 0.000898 e. The summed E-state index contributed by atoms with van der Waals surface area (Å²) >= 11 is 0. The van der Waals surface area contributed by atoms with Crippen molar-refractivity contribution in [2.75, 3.05) is 26.2 Å². The fourth-order valence-corrected chi connectivity index (χ4v) is 2.71. The summed E-state index contributed by atoms with van der Waals surface area (Å²) in [6.45, 7) is 14.0. The SMILES string of the molecule is CCCC1(CNCC(C)(C)C)CCNCC1. The van der Waals surface area contributed by atoms with Crippen molar-refractivity contribution in [2.24, 2.45) is 10.8 Å². The lowest BCUT2D eigenvalue weighted by Gasteiger charge is -2.38. The summed E-state index contributed by atoms with van der Waals surface area (Å²) in [7, 11) is 0. The van der Waals surface area contributed by atoms with Crippen LogP contribution in [0.1, 0.15) is 53.4 Å². The van der Waals surface area contributed by atoms with E-state index in [4.69, 9.17) is 0 Å². The number of piperidine rings is 1. The van der Waals surface area contributed by atoms with Gasteiger partial charge in [0.2, 0.25) is 0 Å². The average Bonchev–Trinajstić information content (AvgIpc) is 2.17. The van der Waals surface area contributed by atoms with Gasteiger partial charge in [-0.05, 0) is 43.2 Å². The topological polar surface area (TPSA) is 24.1 Å². The van der Waals surface area contributed by atoms with Gasteiger partial charge in [0.15, 0.2) is 0 Å². The van der Waals surface area contributed by atoms with Gasteiger partial charge in [0.1, 0.15) is 0 Å². The third-order valence-electron chi connectivity index (χ3n) is 3.60. The van der Waals surface area contributed by atoms with Crippen LogP contribution in [-0.4, -0.2) is 26.2 Å². The molecule has 1 heterocycles. The van der Waals surface area contributed by atoms with Gasteiger partial charge in [-0.15, -0.1) is 0 Å². The largest absolute Gasteiger partial charge is 0.317 e. The first-order valence-electron chi connectivity index (χ1n) is 6.89. The van der Waals surface area contributed by atoms with E-state index in [0.717, 1.165) is 6.54 Å². The first kappa shape index (κ1) is 14.0. The Morgan fingerprint density at radius 3 is 2.31 bits per heavy atom. The molecule has 0 aromatic rings. The Kier molecular flexibility index (Phi) is 5.26. The van der Waals surface area contributed by atoms with E-state index in [1.165, 1.54) is 45.3 Å². The maximum absolute atomic E-state index is 3.69. The smallest absolute Gasteiger partial charge is 0.000898 e. The highest BCUT2D eigenvalue weighted by Crippen LogP contribution is 2.33. The third kappa shape index (κ3) is 4.84. The van der Waals surface area contributed by atoms with Gasteiger partial charge in [-0.1, -0.05) is 34.1 Å². The van der Waals surface area contributed by atoms with Crippen molar-refractivity contribution in [1.29, 1.82) is 0 Å². The molecule has 0 unspecified atom stereocenters. The van der Waals surface area contributed by atoms with Gasteiger partial charge in [0.05, 0.1) is 0 Å². The Morgan fingerprint density at radius 2 is 1.81 bits per heavy atom. The monoisotopic (exact) mass is 226 g/mol. The fourth-order valence-electron chi connectivity index (χ4n) is 2.71. The summed E-state index contributed by atoms with van der Waals surface area (Å²) in [4.78, 5) is 0. The van der Waals surface area contributed by atoms with Gasteiger partial charge in [-0.25, -0.2) is 0 Å². The standard InChI is InChI=1S/C14H30N2/c1-5-6-14(7-9-15-10-8-14)12-16-11-13(2,3)4/h15-16H,5-12H2,1-4H3. The number of hydrogen-bond acceptors (Lipinski definition) is 2. The van der Waals surface area contributed by atoms with Crippen LogP contribution < -0.4 is 10.6 Å². The first-order chi connectivity index (χ1) is 7.47. The van der Waals surface area contributed by atoms with E-state index in [9.17, 15) is 0 Å². The lowest BCUT2D eigenvalue weighted by molar-refractivity contribution is 0.169. The zero-order valence-electron chi connectivity index (χ0n) is 11.7. The van der Waals surface area contributed by atoms with Crippen LogP contribution in [-0.2, 0) is 0 Å². The van der Waals surface area contributed by atoms with E-state index in [-0.39, 0.29) is 0 Å². The highest BCUT2D eigenvalue weighted by Gasteiger charge is 2.30. The van der Waals surface area contributed by atoms with Crippen LogP contribution in [0.15, 0.2) is 0 Å². The van der Waals surface area contributed by atoms with Crippen LogP contribution in [0.5, 0.6) is 0 Å². The van der Waals surface area contributed by atoms with Crippen molar-refractivity contribution in [3.63, 3.8) is 0 Å². The highest BCUT2D eigenvalue weighted by molar-refractivity contribution is 4.86. The summed E-state index contributed by atoms with van der Waals surface area (Å²) in [5.41, 5.74) is 0.978. The molecule has 0 aromatic heterocycles. The van der Waals surface area contributed by atoms with Crippen molar-refractivity contribution < 1.29 is 0 Å². The molecule has 0 radical (unpaired) electrons. The molecular formula is C14H30N2. The Labute approximate surface area is 102 Å². The van der Waals surface area contributed by atoms with Crippen molar-refractivity contribution in [3.05, 3.63) is 0 Å². The van der Waals surface area contributed by atoms with Crippen molar-refractivity contribution in [3.8, 4) is 0 Å². The second kappa shape index (κ2) is 6.02. The molecule has 2 N–H and O–H groups in total. The van der Waals surface area contributed by atoms with Gasteiger partial charge in [-0.3, -0.25) is 0 Å². The lowest BCUT2D eigenvalue weighted by atomic mass is 9.75. The molecule has 1 saturated heterocycles. The molecule has 1 rings (SSSR count). The molecule has 0 amide bonds. The fraction of sp³-hybridized carbons (Fsp3) is 1.00. The lowest BCUT2D eigenvalue weighted by Crippen LogP contribution is -2.44. The van der Waals surface area contributed by atoms with E-state index in [1.807, 2.05) is 0 Å². The van der Waals surface area contributed by atoms with Crippen LogP contribution >= 0.6 is 0 Å². The van der Waals surface area contributed by atoms with Gasteiger partial charge in [0, 0.05) is 13.1 Å². The number of hydrogen-bond donors (Lipinski definition) is 2. The summed E-state index contributed by atoms with van der Waals surface area (Å²) in [5, 5.41) is 7.17. The van der Waals surface area contributed by atoms with Crippen LogP contribution in [0.3, 0.4) is 0 Å². The van der Waals surface area contributed by atoms with Crippen molar-refractivity contribution >= 4 is 0 Å². The molecule has 1 aliphatic heterocycles. The van der Waals surface area contributed by atoms with E-state index in [1.54, 1.807) is 0 Å². The Bertz CT molecular complexity index is 182. The predicted octanol–water partition coefficient (Wildman–Crippen LogP) is 2.79. The van der Waals surface area contributed by atoms with E-state index >= 15 is 0 Å². The van der Waals surface area contributed by atoms with Gasteiger partial charge < -0.3 is 10.6 Å². The van der Waals surface area contributed by atoms with Crippen LogP contribution in [0.25, 0.3) is 0 Å². The molecular weight excluding hydrogens is 196 g/mol. The zero-order chi connectivity index (χ0) is 12.1. The van der Waals surface area contributed by atoms with Crippen molar-refractivity contribution in [2.45, 2.75) is 53.4 Å². The van der Waals surface area contributed by atoms with Gasteiger partial charge in [0.25, 0.3) is 0 Å².